The number of carbonyl (C=O) groups is 4. The molecule has 1 saturated heterocycles. The zero-order chi connectivity index (χ0) is 52.1. The number of β-amino-alcohol motifs (C(OH)–C–C–N with tert-alkyl or cyclic N) is 1. The van der Waals surface area contributed by atoms with Crippen molar-refractivity contribution in [2.24, 2.45) is 16.2 Å². The Balaban J connectivity index is 0.893. The first kappa shape index (κ1) is 54.2. The van der Waals surface area contributed by atoms with Gasteiger partial charge in [0.25, 0.3) is 5.91 Å². The van der Waals surface area contributed by atoms with E-state index in [9.17, 15) is 37.5 Å². The average Bonchev–Trinajstić information content (AvgIpc) is 3.94. The minimum Gasteiger partial charge on any atom is -0.473 e. The number of unbranched alkanes of at least 4 members (excludes halogenated alkanes) is 2. The number of aryl methyl sites for hydroxylation is 1. The molecular weight excluding hydrogens is 938 g/mol. The number of alkyl halides is 3. The molecule has 1 aliphatic carbocycles. The number of nitriles is 1. The molecule has 19 heteroatoms. The summed E-state index contributed by atoms with van der Waals surface area (Å²) in [6, 6.07) is 16.1. The summed E-state index contributed by atoms with van der Waals surface area (Å²) in [4.78, 5) is 64.5. The molecule has 2 aromatic heterocycles. The van der Waals surface area contributed by atoms with Crippen molar-refractivity contribution in [2.75, 3.05) is 31.6 Å². The molecule has 382 valence electrons. The predicted octanol–water partition coefficient (Wildman–Crippen LogP) is 7.98. The molecule has 3 heterocycles. The lowest BCUT2D eigenvalue weighted by Gasteiger charge is -2.62. The minimum absolute atomic E-state index is 0.0345. The van der Waals surface area contributed by atoms with Gasteiger partial charge in [-0.2, -0.15) is 18.4 Å². The van der Waals surface area contributed by atoms with E-state index in [2.05, 4.69) is 31.2 Å². The van der Waals surface area contributed by atoms with Gasteiger partial charge in [0.15, 0.2) is 5.69 Å². The number of aliphatic hydroxyl groups excluding tert-OH is 1. The van der Waals surface area contributed by atoms with Gasteiger partial charge < -0.3 is 40.7 Å². The van der Waals surface area contributed by atoms with Gasteiger partial charge in [0.05, 0.1) is 33.8 Å². The Kier molecular flexibility index (Phi) is 16.9. The normalized spacial score (nSPS) is 20.2. The zero-order valence-corrected chi connectivity index (χ0v) is 42.5. The fourth-order valence-corrected chi connectivity index (χ4v) is 10.6. The van der Waals surface area contributed by atoms with Crippen LogP contribution in [0.5, 0.6) is 5.88 Å². The Bertz CT molecular complexity index is 2560. The zero-order valence-electron chi connectivity index (χ0n) is 41.7. The Hall–Kier alpha value is -6.10. The SMILES string of the molecule is Cc1ncsc1-c1ccc([C@H](C)NC(=O)[C@@H]2C[C@@H](O)CN2C(=O)[C@@H](NC(=O)COCCCCCNc2ccc(C(=O)N[C@H]3C(C)(C)[C@H](Oc4ccc(C#N)c(C(F)(F)F)n4)C3(C)C)cc2)C(C)(C)C)cc1. The number of anilines is 1. The molecule has 4 aromatic rings. The molecule has 0 radical (unpaired) electrons. The smallest absolute Gasteiger partial charge is 0.434 e. The maximum absolute atomic E-state index is 14.1. The average molecular weight is 1000 g/mol. The Morgan fingerprint density at radius 2 is 1.63 bits per heavy atom. The highest BCUT2D eigenvalue weighted by atomic mass is 32.1. The highest BCUT2D eigenvalue weighted by Crippen LogP contribution is 2.55. The second-order valence-corrected chi connectivity index (χ2v) is 21.6. The van der Waals surface area contributed by atoms with Crippen molar-refractivity contribution >= 4 is 40.7 Å². The number of ether oxygens (including phenoxy) is 2. The number of thiazole rings is 1. The van der Waals surface area contributed by atoms with Crippen LogP contribution in [0.15, 0.2) is 66.2 Å². The number of aliphatic hydroxyl groups is 1. The fourth-order valence-electron chi connectivity index (χ4n) is 9.81. The van der Waals surface area contributed by atoms with Gasteiger partial charge in [-0.3, -0.25) is 19.2 Å². The van der Waals surface area contributed by atoms with Gasteiger partial charge in [0.1, 0.15) is 30.9 Å². The fraction of sp³-hybridized carbons (Fsp3) is 0.519. The van der Waals surface area contributed by atoms with Crippen molar-refractivity contribution in [1.82, 2.24) is 30.8 Å². The number of nitrogens with zero attached hydrogens (tertiary/aromatic N) is 4. The maximum atomic E-state index is 14.1. The van der Waals surface area contributed by atoms with Gasteiger partial charge in [-0.25, -0.2) is 9.97 Å². The van der Waals surface area contributed by atoms with E-state index >= 15 is 0 Å². The molecular formula is C52H65F3N8O7S. The molecule has 0 bridgehead atoms. The summed E-state index contributed by atoms with van der Waals surface area (Å²) in [7, 11) is 0. The van der Waals surface area contributed by atoms with Gasteiger partial charge in [0.2, 0.25) is 23.6 Å². The number of amides is 4. The van der Waals surface area contributed by atoms with E-state index in [-0.39, 0.29) is 49.4 Å². The van der Waals surface area contributed by atoms with Crippen LogP contribution >= 0.6 is 11.3 Å². The van der Waals surface area contributed by atoms with Crippen LogP contribution < -0.4 is 26.0 Å². The van der Waals surface area contributed by atoms with E-state index in [1.807, 2.05) is 86.6 Å². The largest absolute Gasteiger partial charge is 0.473 e. The third kappa shape index (κ3) is 12.9. The maximum Gasteiger partial charge on any atom is 0.434 e. The van der Waals surface area contributed by atoms with Crippen LogP contribution in [-0.4, -0.2) is 100 Å². The summed E-state index contributed by atoms with van der Waals surface area (Å²) in [6.07, 6.45) is -3.94. The lowest BCUT2D eigenvalue weighted by molar-refractivity contribution is -0.167. The highest BCUT2D eigenvalue weighted by molar-refractivity contribution is 7.13. The number of pyridine rings is 1. The summed E-state index contributed by atoms with van der Waals surface area (Å²) >= 11 is 1.56. The number of nitrogens with one attached hydrogen (secondary N) is 4. The van der Waals surface area contributed by atoms with Crippen LogP contribution in [0.4, 0.5) is 18.9 Å². The number of hydrogen-bond donors (Lipinski definition) is 5. The van der Waals surface area contributed by atoms with Crippen molar-refractivity contribution in [1.29, 1.82) is 5.26 Å². The van der Waals surface area contributed by atoms with Crippen LogP contribution in [0, 0.1) is 34.5 Å². The highest BCUT2D eigenvalue weighted by Gasteiger charge is 2.64. The molecule has 4 amide bonds. The molecule has 1 saturated carbocycles. The van der Waals surface area contributed by atoms with E-state index in [1.165, 1.54) is 17.0 Å². The van der Waals surface area contributed by atoms with Gasteiger partial charge in [0, 0.05) is 60.3 Å². The number of likely N-dealkylation sites (tertiary alicyclic amines) is 1. The molecule has 0 unspecified atom stereocenters. The molecule has 0 spiro atoms. The number of benzene rings is 2. The third-order valence-corrected chi connectivity index (χ3v) is 14.3. The van der Waals surface area contributed by atoms with Crippen LogP contribution in [-0.2, 0) is 25.3 Å². The van der Waals surface area contributed by atoms with Crippen molar-refractivity contribution in [3.05, 3.63) is 94.3 Å². The molecule has 4 atom stereocenters. The van der Waals surface area contributed by atoms with Crippen molar-refractivity contribution in [3.63, 3.8) is 0 Å². The third-order valence-electron chi connectivity index (χ3n) is 13.3. The number of aromatic nitrogens is 2. The van der Waals surface area contributed by atoms with Crippen LogP contribution in [0.25, 0.3) is 10.4 Å². The van der Waals surface area contributed by atoms with Gasteiger partial charge >= 0.3 is 6.18 Å². The number of halogens is 3. The van der Waals surface area contributed by atoms with E-state index in [0.717, 1.165) is 46.3 Å². The molecule has 15 nitrogen and oxygen atoms in total. The van der Waals surface area contributed by atoms with Crippen LogP contribution in [0.1, 0.15) is 120 Å². The monoisotopic (exact) mass is 1000 g/mol. The summed E-state index contributed by atoms with van der Waals surface area (Å²) in [5.41, 5.74) is 1.95. The first-order valence-corrected chi connectivity index (χ1v) is 24.7. The molecule has 6 rings (SSSR count). The number of hydrogen-bond acceptors (Lipinski definition) is 12. The summed E-state index contributed by atoms with van der Waals surface area (Å²) in [5, 5.41) is 32.0. The quantitative estimate of drug-likeness (QED) is 0.0569. The van der Waals surface area contributed by atoms with Crippen LogP contribution in [0.2, 0.25) is 0 Å². The summed E-state index contributed by atoms with van der Waals surface area (Å²) in [5.74, 6) is -1.87. The van der Waals surface area contributed by atoms with Crippen LogP contribution in [0.3, 0.4) is 0 Å². The first-order chi connectivity index (χ1) is 33.3. The first-order valence-electron chi connectivity index (χ1n) is 23.8. The van der Waals surface area contributed by atoms with Crippen molar-refractivity contribution in [2.45, 2.75) is 131 Å². The molecule has 5 N–H and O–H groups in total. The second-order valence-electron chi connectivity index (χ2n) is 20.7. The molecule has 71 heavy (non-hydrogen) atoms. The number of rotatable bonds is 19. The summed E-state index contributed by atoms with van der Waals surface area (Å²) in [6.45, 7) is 17.4. The van der Waals surface area contributed by atoms with E-state index < -0.39 is 69.8 Å². The second kappa shape index (κ2) is 22.1. The van der Waals surface area contributed by atoms with Gasteiger partial charge in [-0.05, 0) is 80.0 Å². The predicted molar refractivity (Wildman–Crippen MR) is 263 cm³/mol. The minimum atomic E-state index is -4.82. The standard InChI is InChI=1S/C52H65F3N8O7S/c1-30(32-13-15-33(16-14-32)41-31(2)58-29-71-41)59-45(67)38-25-37(64)27-63(38)46(68)43(49(3,4)5)60-39(65)28-69-24-12-10-11-23-57-36-20-17-34(18-21-36)44(66)62-47-50(6,7)48(51(47,8)9)70-40-22-19-35(26-56)42(61-40)52(53,54)55/h13-22,29-30,37-38,43,47-48,57,64H,10-12,23-25,27-28H2,1-9H3,(H,59,67)(H,60,65)(H,62,66)/t30-,37+,38-,43+,47-,48-/m0/s1. The Labute approximate surface area is 417 Å². The summed E-state index contributed by atoms with van der Waals surface area (Å²) < 4.78 is 52.3. The molecule has 2 aromatic carbocycles. The Morgan fingerprint density at radius 3 is 2.24 bits per heavy atom. The number of carbonyl (C=O) groups excluding carboxylic acids is 4. The molecule has 1 aliphatic heterocycles. The molecule has 2 fully saturated rings. The van der Waals surface area contributed by atoms with Gasteiger partial charge in [-0.15, -0.1) is 11.3 Å². The topological polar surface area (TPSA) is 208 Å². The van der Waals surface area contributed by atoms with E-state index in [4.69, 9.17) is 14.7 Å². The van der Waals surface area contributed by atoms with Gasteiger partial charge in [-0.1, -0.05) is 72.7 Å². The Morgan fingerprint density at radius 1 is 0.958 bits per heavy atom. The van der Waals surface area contributed by atoms with E-state index in [0.29, 0.717) is 25.1 Å². The van der Waals surface area contributed by atoms with Crippen molar-refractivity contribution < 1.29 is 46.9 Å². The lowest BCUT2D eigenvalue weighted by Crippen LogP contribution is -2.74. The molecule has 2 aliphatic rings. The van der Waals surface area contributed by atoms with Crippen molar-refractivity contribution in [3.8, 4) is 22.4 Å². The lowest BCUT2D eigenvalue weighted by atomic mass is 9.49. The van der Waals surface area contributed by atoms with E-state index in [1.54, 1.807) is 41.1 Å².